The molecule has 1 aliphatic heterocycles. The number of aromatic nitrogens is 1. The minimum absolute atomic E-state index is 0.257. The molecule has 142 valence electrons. The van der Waals surface area contributed by atoms with Crippen molar-refractivity contribution in [3.8, 4) is 11.5 Å². The molecule has 1 aromatic heterocycles. The quantitative estimate of drug-likeness (QED) is 0.729. The third kappa shape index (κ3) is 3.36. The number of nitrogens with one attached hydrogen (secondary N) is 1. The maximum absolute atomic E-state index is 12.7. The van der Waals surface area contributed by atoms with Crippen LogP contribution in [0.3, 0.4) is 0 Å². The number of rotatable bonds is 5. The van der Waals surface area contributed by atoms with E-state index < -0.39 is 0 Å². The maximum atomic E-state index is 12.7. The lowest BCUT2D eigenvalue weighted by Gasteiger charge is -2.18. The van der Waals surface area contributed by atoms with Crippen molar-refractivity contribution >= 4 is 23.1 Å². The first kappa shape index (κ1) is 17.9. The lowest BCUT2D eigenvalue weighted by atomic mass is 10.2. The van der Waals surface area contributed by atoms with Crippen LogP contribution in [0.15, 0.2) is 60.8 Å². The lowest BCUT2D eigenvalue weighted by molar-refractivity contribution is 0.102. The van der Waals surface area contributed by atoms with Crippen molar-refractivity contribution in [3.05, 3.63) is 71.9 Å². The van der Waals surface area contributed by atoms with Gasteiger partial charge in [0.15, 0.2) is 0 Å². The van der Waals surface area contributed by atoms with Crippen LogP contribution in [0.4, 0.5) is 17.2 Å². The smallest absolute Gasteiger partial charge is 0.257 e. The molecule has 0 bridgehead atoms. The van der Waals surface area contributed by atoms with Gasteiger partial charge >= 0.3 is 0 Å². The Morgan fingerprint density at radius 1 is 1.07 bits per heavy atom. The molecule has 2 heterocycles. The number of amides is 1. The van der Waals surface area contributed by atoms with E-state index in [0.29, 0.717) is 22.7 Å². The first-order valence-electron chi connectivity index (χ1n) is 9.04. The Balaban J connectivity index is 1.53. The summed E-state index contributed by atoms with van der Waals surface area (Å²) in [4.78, 5) is 19.3. The van der Waals surface area contributed by atoms with Gasteiger partial charge in [0.1, 0.15) is 17.3 Å². The molecule has 2 aromatic carbocycles. The summed E-state index contributed by atoms with van der Waals surface area (Å²) in [5.74, 6) is 1.78. The van der Waals surface area contributed by atoms with Gasteiger partial charge in [-0.3, -0.25) is 4.79 Å². The van der Waals surface area contributed by atoms with Gasteiger partial charge in [0, 0.05) is 24.5 Å². The van der Waals surface area contributed by atoms with E-state index in [-0.39, 0.29) is 5.91 Å². The summed E-state index contributed by atoms with van der Waals surface area (Å²) in [5.41, 5.74) is 3.51. The normalized spacial score (nSPS) is 12.4. The molecule has 6 nitrogen and oxygen atoms in total. The highest BCUT2D eigenvalue weighted by Gasteiger charge is 2.21. The zero-order valence-corrected chi connectivity index (χ0v) is 15.8. The van der Waals surface area contributed by atoms with Crippen molar-refractivity contribution in [2.24, 2.45) is 0 Å². The number of carbonyl (C=O) groups is 1. The van der Waals surface area contributed by atoms with E-state index in [1.807, 2.05) is 12.1 Å². The Morgan fingerprint density at radius 2 is 1.93 bits per heavy atom. The Hall–Kier alpha value is -3.54. The van der Waals surface area contributed by atoms with Crippen molar-refractivity contribution in [2.75, 3.05) is 31.0 Å². The fraction of sp³-hybridized carbons (Fsp3) is 0.182. The predicted molar refractivity (Wildman–Crippen MR) is 109 cm³/mol. The number of hydrogen-bond donors (Lipinski definition) is 1. The average Bonchev–Trinajstić information content (AvgIpc) is 3.18. The summed E-state index contributed by atoms with van der Waals surface area (Å²) >= 11 is 0. The zero-order valence-electron chi connectivity index (χ0n) is 15.8. The van der Waals surface area contributed by atoms with Crippen LogP contribution < -0.4 is 19.7 Å². The summed E-state index contributed by atoms with van der Waals surface area (Å²) in [6, 6.07) is 17.2. The van der Waals surface area contributed by atoms with Gasteiger partial charge in [-0.1, -0.05) is 18.2 Å². The maximum Gasteiger partial charge on any atom is 0.257 e. The van der Waals surface area contributed by atoms with E-state index in [4.69, 9.17) is 9.47 Å². The minimum atomic E-state index is -0.257. The Labute approximate surface area is 163 Å². The van der Waals surface area contributed by atoms with Crippen LogP contribution in [0, 0.1) is 0 Å². The summed E-state index contributed by atoms with van der Waals surface area (Å²) in [5, 5.41) is 2.86. The first-order chi connectivity index (χ1) is 13.7. The summed E-state index contributed by atoms with van der Waals surface area (Å²) in [6.45, 7) is 0.888. The van der Waals surface area contributed by atoms with E-state index in [0.717, 1.165) is 18.8 Å². The fourth-order valence-electron chi connectivity index (χ4n) is 3.36. The number of carbonyl (C=O) groups excluding carboxylic acids is 1. The number of pyridine rings is 1. The van der Waals surface area contributed by atoms with Gasteiger partial charge in [0.2, 0.25) is 0 Å². The number of hydrogen-bond acceptors (Lipinski definition) is 5. The Kier molecular flexibility index (Phi) is 4.85. The second-order valence-electron chi connectivity index (χ2n) is 6.46. The molecule has 1 N–H and O–H groups in total. The van der Waals surface area contributed by atoms with Crippen molar-refractivity contribution in [2.45, 2.75) is 6.42 Å². The van der Waals surface area contributed by atoms with Crippen LogP contribution in [0.2, 0.25) is 0 Å². The molecule has 0 aliphatic carbocycles. The SMILES string of the molecule is COc1ccc(OC)c(NC(=O)c2ccc(N3CCc4ccccc43)nc2)c1. The van der Waals surface area contributed by atoms with Gasteiger partial charge in [-0.25, -0.2) is 4.98 Å². The fourth-order valence-corrected chi connectivity index (χ4v) is 3.36. The van der Waals surface area contributed by atoms with E-state index in [9.17, 15) is 4.79 Å². The monoisotopic (exact) mass is 375 g/mol. The number of benzene rings is 2. The van der Waals surface area contributed by atoms with Gasteiger partial charge in [0.05, 0.1) is 25.5 Å². The summed E-state index contributed by atoms with van der Waals surface area (Å²) in [6.07, 6.45) is 2.59. The molecule has 0 fully saturated rings. The molecule has 4 rings (SSSR count). The van der Waals surface area contributed by atoms with Crippen LogP contribution in [0.25, 0.3) is 0 Å². The van der Waals surface area contributed by atoms with Crippen molar-refractivity contribution in [1.29, 1.82) is 0 Å². The molecule has 1 amide bonds. The van der Waals surface area contributed by atoms with E-state index in [1.54, 1.807) is 44.7 Å². The second kappa shape index (κ2) is 7.60. The van der Waals surface area contributed by atoms with Crippen molar-refractivity contribution < 1.29 is 14.3 Å². The average molecular weight is 375 g/mol. The van der Waals surface area contributed by atoms with E-state index >= 15 is 0 Å². The second-order valence-corrected chi connectivity index (χ2v) is 6.46. The van der Waals surface area contributed by atoms with Gasteiger partial charge in [-0.15, -0.1) is 0 Å². The summed E-state index contributed by atoms with van der Waals surface area (Å²) in [7, 11) is 3.13. The molecule has 0 unspecified atom stereocenters. The minimum Gasteiger partial charge on any atom is -0.497 e. The molecule has 6 heteroatoms. The number of anilines is 3. The molecule has 0 saturated heterocycles. The summed E-state index contributed by atoms with van der Waals surface area (Å²) < 4.78 is 10.5. The third-order valence-electron chi connectivity index (χ3n) is 4.83. The number of nitrogens with zero attached hydrogens (tertiary/aromatic N) is 2. The number of para-hydroxylation sites is 1. The topological polar surface area (TPSA) is 63.7 Å². The molecular formula is C22H21N3O3. The van der Waals surface area contributed by atoms with Gasteiger partial charge in [-0.05, 0) is 42.3 Å². The number of ether oxygens (including phenoxy) is 2. The Bertz CT molecular complexity index is 1000. The molecule has 0 atom stereocenters. The van der Waals surface area contributed by atoms with Crippen LogP contribution >= 0.6 is 0 Å². The van der Waals surface area contributed by atoms with Gasteiger partial charge in [-0.2, -0.15) is 0 Å². The van der Waals surface area contributed by atoms with Crippen LogP contribution in [0.1, 0.15) is 15.9 Å². The Morgan fingerprint density at radius 3 is 2.68 bits per heavy atom. The molecule has 1 aliphatic rings. The van der Waals surface area contributed by atoms with Crippen molar-refractivity contribution in [3.63, 3.8) is 0 Å². The first-order valence-corrected chi connectivity index (χ1v) is 9.04. The van der Waals surface area contributed by atoms with Crippen LogP contribution in [-0.4, -0.2) is 31.7 Å². The largest absolute Gasteiger partial charge is 0.497 e. The van der Waals surface area contributed by atoms with Crippen molar-refractivity contribution in [1.82, 2.24) is 4.98 Å². The molecule has 0 saturated carbocycles. The van der Waals surface area contributed by atoms with Gasteiger partial charge < -0.3 is 19.7 Å². The molecule has 0 spiro atoms. The predicted octanol–water partition coefficient (Wildman–Crippen LogP) is 4.05. The highest BCUT2D eigenvalue weighted by molar-refractivity contribution is 6.05. The third-order valence-corrected chi connectivity index (χ3v) is 4.83. The zero-order chi connectivity index (χ0) is 19.5. The number of methoxy groups -OCH3 is 2. The highest BCUT2D eigenvalue weighted by Crippen LogP contribution is 2.33. The lowest BCUT2D eigenvalue weighted by Crippen LogP contribution is -2.16. The number of fused-ring (bicyclic) bond motifs is 1. The van der Waals surface area contributed by atoms with Crippen LogP contribution in [-0.2, 0) is 6.42 Å². The molecular weight excluding hydrogens is 354 g/mol. The van der Waals surface area contributed by atoms with E-state index in [1.165, 1.54) is 11.3 Å². The van der Waals surface area contributed by atoms with Gasteiger partial charge in [0.25, 0.3) is 5.91 Å². The van der Waals surface area contributed by atoms with Crippen LogP contribution in [0.5, 0.6) is 11.5 Å². The van der Waals surface area contributed by atoms with E-state index in [2.05, 4.69) is 33.4 Å². The highest BCUT2D eigenvalue weighted by atomic mass is 16.5. The molecule has 3 aromatic rings. The molecule has 28 heavy (non-hydrogen) atoms. The standard InChI is InChI=1S/C22H21N3O3/c1-27-17-8-9-20(28-2)18(13-17)24-22(26)16-7-10-21(23-14-16)25-12-11-15-5-3-4-6-19(15)25/h3-10,13-14H,11-12H2,1-2H3,(H,24,26). The molecule has 0 radical (unpaired) electrons.